The van der Waals surface area contributed by atoms with Gasteiger partial charge in [0.05, 0.1) is 5.56 Å². The number of piperidine rings is 1. The monoisotopic (exact) mass is 348 g/mol. The van der Waals surface area contributed by atoms with Crippen LogP contribution in [0.25, 0.3) is 0 Å². The van der Waals surface area contributed by atoms with E-state index in [2.05, 4.69) is 5.32 Å². The molecule has 0 saturated carbocycles. The molecule has 2 heterocycles. The molecule has 23 heavy (non-hydrogen) atoms. The second kappa shape index (κ2) is 6.90. The van der Waals surface area contributed by atoms with Crippen LogP contribution in [0.2, 0.25) is 0 Å². The van der Waals surface area contributed by atoms with Crippen LogP contribution in [0.1, 0.15) is 33.0 Å². The minimum Gasteiger partial charge on any atom is -0.352 e. The summed E-state index contributed by atoms with van der Waals surface area (Å²) in [5, 5.41) is 2.84. The summed E-state index contributed by atoms with van der Waals surface area (Å²) in [6.07, 6.45) is -3.89. The number of amides is 2. The first-order valence-electron chi connectivity index (χ1n) is 7.40. The highest BCUT2D eigenvalue weighted by Gasteiger charge is 2.43. The number of aryl methyl sites for hydroxylation is 2. The molecule has 0 spiro atoms. The Labute approximate surface area is 136 Å². The van der Waals surface area contributed by atoms with Gasteiger partial charge >= 0.3 is 12.1 Å². The second-order valence-electron chi connectivity index (χ2n) is 5.77. The highest BCUT2D eigenvalue weighted by molar-refractivity contribution is 7.12. The summed E-state index contributed by atoms with van der Waals surface area (Å²) >= 11 is 1.55. The van der Waals surface area contributed by atoms with E-state index in [1.165, 1.54) is 0 Å². The zero-order valence-electron chi connectivity index (χ0n) is 13.0. The number of halogens is 3. The van der Waals surface area contributed by atoms with E-state index >= 15 is 0 Å². The predicted octanol–water partition coefficient (Wildman–Crippen LogP) is 2.90. The van der Waals surface area contributed by atoms with Gasteiger partial charge in [-0.1, -0.05) is 0 Å². The molecule has 0 aliphatic carbocycles. The van der Waals surface area contributed by atoms with Gasteiger partial charge in [-0.05, 0) is 38.7 Å². The lowest BCUT2D eigenvalue weighted by Crippen LogP contribution is -2.46. The number of hydrogen-bond acceptors (Lipinski definition) is 3. The number of nitrogens with zero attached hydrogens (tertiary/aromatic N) is 1. The van der Waals surface area contributed by atoms with Gasteiger partial charge in [0.25, 0.3) is 5.91 Å². The van der Waals surface area contributed by atoms with Crippen LogP contribution in [0.5, 0.6) is 0 Å². The molecule has 1 aliphatic rings. The fraction of sp³-hybridized carbons (Fsp3) is 0.600. The molecule has 1 aromatic heterocycles. The predicted molar refractivity (Wildman–Crippen MR) is 81.5 cm³/mol. The van der Waals surface area contributed by atoms with Gasteiger partial charge in [0, 0.05) is 29.4 Å². The molecule has 2 rings (SSSR count). The lowest BCUT2D eigenvalue weighted by atomic mass is 9.96. The maximum atomic E-state index is 12.4. The van der Waals surface area contributed by atoms with Gasteiger partial charge in [-0.3, -0.25) is 9.59 Å². The minimum atomic E-state index is -4.81. The Morgan fingerprint density at radius 3 is 2.39 bits per heavy atom. The number of hydrogen-bond donors (Lipinski definition) is 1. The SMILES string of the molecule is Cc1cc(C(=O)NCC2CCN(C(=O)C(F)(F)F)CC2)c(C)s1. The number of carbonyl (C=O) groups excluding carboxylic acids is 2. The summed E-state index contributed by atoms with van der Waals surface area (Å²) < 4.78 is 37.1. The first-order chi connectivity index (χ1) is 10.7. The number of nitrogens with one attached hydrogen (secondary N) is 1. The summed E-state index contributed by atoms with van der Waals surface area (Å²) in [5.74, 6) is -1.83. The van der Waals surface area contributed by atoms with Crippen LogP contribution >= 0.6 is 11.3 Å². The summed E-state index contributed by atoms with van der Waals surface area (Å²) in [4.78, 5) is 26.1. The van der Waals surface area contributed by atoms with E-state index in [0.29, 0.717) is 24.9 Å². The molecule has 0 atom stereocenters. The number of likely N-dealkylation sites (tertiary alicyclic amines) is 1. The van der Waals surface area contributed by atoms with E-state index in [4.69, 9.17) is 0 Å². The Balaban J connectivity index is 1.80. The Morgan fingerprint density at radius 1 is 1.30 bits per heavy atom. The topological polar surface area (TPSA) is 49.4 Å². The molecule has 4 nitrogen and oxygen atoms in total. The van der Waals surface area contributed by atoms with Crippen LogP contribution in [0, 0.1) is 19.8 Å². The molecule has 8 heteroatoms. The van der Waals surface area contributed by atoms with Crippen LogP contribution in [0.15, 0.2) is 6.07 Å². The summed E-state index contributed by atoms with van der Waals surface area (Å²) in [7, 11) is 0. The lowest BCUT2D eigenvalue weighted by Gasteiger charge is -2.32. The van der Waals surface area contributed by atoms with Crippen molar-refractivity contribution < 1.29 is 22.8 Å². The van der Waals surface area contributed by atoms with Crippen molar-refractivity contribution in [2.45, 2.75) is 32.9 Å². The molecule has 1 N–H and O–H groups in total. The Hall–Kier alpha value is -1.57. The van der Waals surface area contributed by atoms with Crippen molar-refractivity contribution in [3.8, 4) is 0 Å². The van der Waals surface area contributed by atoms with Crippen LogP contribution < -0.4 is 5.32 Å². The van der Waals surface area contributed by atoms with Gasteiger partial charge in [0.1, 0.15) is 0 Å². The fourth-order valence-corrected chi connectivity index (χ4v) is 3.63. The quantitative estimate of drug-likeness (QED) is 0.913. The highest BCUT2D eigenvalue weighted by Crippen LogP contribution is 2.24. The van der Waals surface area contributed by atoms with Crippen molar-refractivity contribution in [3.63, 3.8) is 0 Å². The van der Waals surface area contributed by atoms with Gasteiger partial charge in [-0.15, -0.1) is 11.3 Å². The summed E-state index contributed by atoms with van der Waals surface area (Å²) in [6, 6.07) is 1.83. The average molecular weight is 348 g/mol. The third-order valence-electron chi connectivity index (χ3n) is 3.98. The summed E-state index contributed by atoms with van der Waals surface area (Å²) in [5.41, 5.74) is 0.650. The Morgan fingerprint density at radius 2 is 1.91 bits per heavy atom. The first kappa shape index (κ1) is 17.8. The maximum absolute atomic E-state index is 12.4. The standard InChI is InChI=1S/C15H19F3N2O2S/c1-9-7-12(10(2)23-9)13(21)19-8-11-3-5-20(6-4-11)14(22)15(16,17)18/h7,11H,3-6,8H2,1-2H3,(H,19,21). The van der Waals surface area contributed by atoms with Crippen molar-refractivity contribution in [2.75, 3.05) is 19.6 Å². The smallest absolute Gasteiger partial charge is 0.352 e. The molecule has 1 aliphatic heterocycles. The third kappa shape index (κ3) is 4.46. The van der Waals surface area contributed by atoms with Crippen LogP contribution in [0.3, 0.4) is 0 Å². The molecule has 0 aromatic carbocycles. The summed E-state index contributed by atoms with van der Waals surface area (Å²) in [6.45, 7) is 4.39. The van der Waals surface area contributed by atoms with Crippen molar-refractivity contribution in [1.29, 1.82) is 0 Å². The van der Waals surface area contributed by atoms with Gasteiger partial charge in [-0.2, -0.15) is 13.2 Å². The number of carbonyl (C=O) groups is 2. The van der Waals surface area contributed by atoms with Crippen molar-refractivity contribution >= 4 is 23.2 Å². The first-order valence-corrected chi connectivity index (χ1v) is 8.21. The Bertz CT molecular complexity index is 590. The van der Waals surface area contributed by atoms with Gasteiger partial charge in [-0.25, -0.2) is 0 Å². The molecule has 1 saturated heterocycles. The number of alkyl halides is 3. The Kier molecular flexibility index (Phi) is 5.33. The van der Waals surface area contributed by atoms with Gasteiger partial charge < -0.3 is 10.2 Å². The number of thiophene rings is 1. The third-order valence-corrected chi connectivity index (χ3v) is 4.95. The molecule has 1 aromatic rings. The molecule has 2 amide bonds. The van der Waals surface area contributed by atoms with Crippen LogP contribution in [0.4, 0.5) is 13.2 Å². The van der Waals surface area contributed by atoms with E-state index in [1.807, 2.05) is 19.9 Å². The van der Waals surface area contributed by atoms with E-state index in [9.17, 15) is 22.8 Å². The maximum Gasteiger partial charge on any atom is 0.471 e. The average Bonchev–Trinajstić information content (AvgIpc) is 2.82. The van der Waals surface area contributed by atoms with E-state index < -0.39 is 12.1 Å². The minimum absolute atomic E-state index is 0.0788. The van der Waals surface area contributed by atoms with Crippen molar-refractivity contribution in [1.82, 2.24) is 10.2 Å². The van der Waals surface area contributed by atoms with Crippen molar-refractivity contribution in [2.24, 2.45) is 5.92 Å². The molecule has 0 radical (unpaired) electrons. The zero-order valence-corrected chi connectivity index (χ0v) is 13.8. The molecule has 0 bridgehead atoms. The normalized spacial score (nSPS) is 16.5. The second-order valence-corrected chi connectivity index (χ2v) is 7.23. The molecule has 1 fully saturated rings. The van der Waals surface area contributed by atoms with E-state index in [0.717, 1.165) is 14.7 Å². The largest absolute Gasteiger partial charge is 0.471 e. The molecular weight excluding hydrogens is 329 g/mol. The fourth-order valence-electron chi connectivity index (χ4n) is 2.71. The molecular formula is C15H19F3N2O2S. The zero-order chi connectivity index (χ0) is 17.2. The van der Waals surface area contributed by atoms with Crippen LogP contribution in [-0.2, 0) is 4.79 Å². The van der Waals surface area contributed by atoms with Gasteiger partial charge in [0.2, 0.25) is 0 Å². The number of rotatable bonds is 3. The van der Waals surface area contributed by atoms with Crippen molar-refractivity contribution in [3.05, 3.63) is 21.4 Å². The molecule has 128 valence electrons. The molecule has 0 unspecified atom stereocenters. The lowest BCUT2D eigenvalue weighted by molar-refractivity contribution is -0.186. The van der Waals surface area contributed by atoms with E-state index in [-0.39, 0.29) is 24.9 Å². The van der Waals surface area contributed by atoms with Gasteiger partial charge in [0.15, 0.2) is 0 Å². The highest BCUT2D eigenvalue weighted by atomic mass is 32.1. The van der Waals surface area contributed by atoms with E-state index in [1.54, 1.807) is 11.3 Å². The van der Waals surface area contributed by atoms with Crippen LogP contribution in [-0.4, -0.2) is 42.5 Å².